The van der Waals surface area contributed by atoms with E-state index in [4.69, 9.17) is 4.42 Å². The van der Waals surface area contributed by atoms with E-state index in [9.17, 15) is 0 Å². The van der Waals surface area contributed by atoms with Crippen LogP contribution < -0.4 is 10.2 Å². The number of nitrogens with zero attached hydrogens (tertiary/aromatic N) is 2. The highest BCUT2D eigenvalue weighted by Gasteiger charge is 2.07. The first kappa shape index (κ1) is 13.5. The maximum Gasteiger partial charge on any atom is 0.105 e. The fourth-order valence-electron chi connectivity index (χ4n) is 1.92. The molecule has 0 saturated carbocycles. The Morgan fingerprint density at radius 3 is 2.89 bits per heavy atom. The SMILES string of the molecule is CCCNc1cncc(N(C)Cc2ccoc2C)c1. The Bertz CT molecular complexity index is 522. The molecule has 0 amide bonds. The van der Waals surface area contributed by atoms with Crippen molar-refractivity contribution >= 4 is 11.4 Å². The van der Waals surface area contributed by atoms with Crippen molar-refractivity contribution in [2.75, 3.05) is 23.8 Å². The van der Waals surface area contributed by atoms with Crippen molar-refractivity contribution in [3.8, 4) is 0 Å². The number of rotatable bonds is 6. The van der Waals surface area contributed by atoms with Gasteiger partial charge in [0.25, 0.3) is 0 Å². The zero-order chi connectivity index (χ0) is 13.7. The fraction of sp³-hybridized carbons (Fsp3) is 0.400. The first-order chi connectivity index (χ1) is 9.20. The first-order valence-electron chi connectivity index (χ1n) is 6.63. The molecule has 2 heterocycles. The molecule has 0 bridgehead atoms. The van der Waals surface area contributed by atoms with Gasteiger partial charge in [0.15, 0.2) is 0 Å². The topological polar surface area (TPSA) is 41.3 Å². The maximum atomic E-state index is 5.32. The second kappa shape index (κ2) is 6.27. The van der Waals surface area contributed by atoms with Crippen LogP contribution >= 0.6 is 0 Å². The van der Waals surface area contributed by atoms with Crippen LogP contribution in [0.4, 0.5) is 11.4 Å². The van der Waals surface area contributed by atoms with E-state index in [1.807, 2.05) is 25.4 Å². The quantitative estimate of drug-likeness (QED) is 0.862. The molecule has 1 N–H and O–H groups in total. The smallest absolute Gasteiger partial charge is 0.105 e. The second-order valence-electron chi connectivity index (χ2n) is 4.72. The molecule has 2 aromatic heterocycles. The van der Waals surface area contributed by atoms with Crippen molar-refractivity contribution in [3.63, 3.8) is 0 Å². The van der Waals surface area contributed by atoms with E-state index in [2.05, 4.69) is 35.2 Å². The van der Waals surface area contributed by atoms with E-state index >= 15 is 0 Å². The molecule has 0 aliphatic heterocycles. The van der Waals surface area contributed by atoms with Crippen LogP contribution in [0.5, 0.6) is 0 Å². The lowest BCUT2D eigenvalue weighted by Crippen LogP contribution is -2.17. The van der Waals surface area contributed by atoms with Crippen LogP contribution in [0.3, 0.4) is 0 Å². The van der Waals surface area contributed by atoms with Crippen LogP contribution in [0.25, 0.3) is 0 Å². The molecular weight excluding hydrogens is 238 g/mol. The highest BCUT2D eigenvalue weighted by atomic mass is 16.3. The molecule has 4 heteroatoms. The highest BCUT2D eigenvalue weighted by Crippen LogP contribution is 2.20. The predicted octanol–water partition coefficient (Wildman–Crippen LogP) is 3.44. The molecular formula is C15H21N3O. The zero-order valence-corrected chi connectivity index (χ0v) is 11.8. The molecule has 0 radical (unpaired) electrons. The van der Waals surface area contributed by atoms with Gasteiger partial charge < -0.3 is 14.6 Å². The van der Waals surface area contributed by atoms with Gasteiger partial charge in [-0.3, -0.25) is 4.98 Å². The van der Waals surface area contributed by atoms with Crippen LogP contribution in [0.1, 0.15) is 24.7 Å². The van der Waals surface area contributed by atoms with Gasteiger partial charge in [0.2, 0.25) is 0 Å². The minimum absolute atomic E-state index is 0.821. The van der Waals surface area contributed by atoms with Crippen LogP contribution in [0.2, 0.25) is 0 Å². The third kappa shape index (κ3) is 3.50. The van der Waals surface area contributed by atoms with Crippen molar-refractivity contribution < 1.29 is 4.42 Å². The zero-order valence-electron chi connectivity index (χ0n) is 11.8. The highest BCUT2D eigenvalue weighted by molar-refractivity contribution is 5.55. The van der Waals surface area contributed by atoms with Crippen molar-refractivity contribution in [2.24, 2.45) is 0 Å². The third-order valence-corrected chi connectivity index (χ3v) is 3.12. The van der Waals surface area contributed by atoms with Crippen LogP contribution in [-0.4, -0.2) is 18.6 Å². The van der Waals surface area contributed by atoms with Gasteiger partial charge in [0.05, 0.1) is 30.0 Å². The summed E-state index contributed by atoms with van der Waals surface area (Å²) >= 11 is 0. The fourth-order valence-corrected chi connectivity index (χ4v) is 1.92. The number of anilines is 2. The van der Waals surface area contributed by atoms with Gasteiger partial charge >= 0.3 is 0 Å². The van der Waals surface area contributed by atoms with E-state index in [0.29, 0.717) is 0 Å². The van der Waals surface area contributed by atoms with Gasteiger partial charge in [0.1, 0.15) is 5.76 Å². The van der Waals surface area contributed by atoms with Gasteiger partial charge in [-0.2, -0.15) is 0 Å². The standard InChI is InChI=1S/C15H21N3O/c1-4-6-17-14-8-15(10-16-9-14)18(3)11-13-5-7-19-12(13)2/h5,7-10,17H,4,6,11H2,1-3H3. The Morgan fingerprint density at radius 1 is 1.37 bits per heavy atom. The summed E-state index contributed by atoms with van der Waals surface area (Å²) in [5.74, 6) is 0.972. The molecule has 0 aliphatic rings. The molecule has 0 saturated heterocycles. The minimum atomic E-state index is 0.821. The molecule has 2 rings (SSSR count). The van der Waals surface area contributed by atoms with Gasteiger partial charge in [-0.25, -0.2) is 0 Å². The molecule has 0 spiro atoms. The number of aryl methyl sites for hydroxylation is 1. The van der Waals surface area contributed by atoms with E-state index in [0.717, 1.165) is 36.6 Å². The first-order valence-corrected chi connectivity index (χ1v) is 6.63. The Hall–Kier alpha value is -1.97. The average Bonchev–Trinajstić information content (AvgIpc) is 2.82. The number of pyridine rings is 1. The summed E-state index contributed by atoms with van der Waals surface area (Å²) in [6.45, 7) is 5.93. The monoisotopic (exact) mass is 259 g/mol. The maximum absolute atomic E-state index is 5.32. The number of hydrogen-bond donors (Lipinski definition) is 1. The molecule has 0 aromatic carbocycles. The van der Waals surface area contributed by atoms with Gasteiger partial charge in [-0.05, 0) is 25.5 Å². The molecule has 0 fully saturated rings. The Morgan fingerprint density at radius 2 is 2.21 bits per heavy atom. The summed E-state index contributed by atoms with van der Waals surface area (Å²) in [6, 6.07) is 4.14. The summed E-state index contributed by atoms with van der Waals surface area (Å²) < 4.78 is 5.32. The molecule has 102 valence electrons. The Kier molecular flexibility index (Phi) is 4.44. The van der Waals surface area contributed by atoms with Crippen molar-refractivity contribution in [1.82, 2.24) is 4.98 Å². The van der Waals surface area contributed by atoms with Crippen molar-refractivity contribution in [3.05, 3.63) is 42.1 Å². The summed E-state index contributed by atoms with van der Waals surface area (Å²) in [4.78, 5) is 6.45. The molecule has 0 unspecified atom stereocenters. The number of aromatic nitrogens is 1. The lowest BCUT2D eigenvalue weighted by molar-refractivity contribution is 0.529. The predicted molar refractivity (Wildman–Crippen MR) is 78.6 cm³/mol. The molecule has 0 aliphatic carbocycles. The second-order valence-corrected chi connectivity index (χ2v) is 4.72. The summed E-state index contributed by atoms with van der Waals surface area (Å²) in [5.41, 5.74) is 3.37. The lowest BCUT2D eigenvalue weighted by atomic mass is 10.2. The Balaban J connectivity index is 2.06. The van der Waals surface area contributed by atoms with E-state index < -0.39 is 0 Å². The van der Waals surface area contributed by atoms with E-state index in [-0.39, 0.29) is 0 Å². The number of furan rings is 1. The van der Waals surface area contributed by atoms with Gasteiger partial charge in [-0.1, -0.05) is 6.92 Å². The lowest BCUT2D eigenvalue weighted by Gasteiger charge is -2.19. The normalized spacial score (nSPS) is 10.5. The van der Waals surface area contributed by atoms with E-state index in [1.54, 1.807) is 6.26 Å². The summed E-state index contributed by atoms with van der Waals surface area (Å²) in [7, 11) is 2.06. The molecule has 0 atom stereocenters. The minimum Gasteiger partial charge on any atom is -0.469 e. The molecule has 19 heavy (non-hydrogen) atoms. The molecule has 2 aromatic rings. The third-order valence-electron chi connectivity index (χ3n) is 3.12. The Labute approximate surface area is 114 Å². The molecule has 4 nitrogen and oxygen atoms in total. The average molecular weight is 259 g/mol. The number of hydrogen-bond acceptors (Lipinski definition) is 4. The van der Waals surface area contributed by atoms with Gasteiger partial charge in [-0.15, -0.1) is 0 Å². The van der Waals surface area contributed by atoms with Gasteiger partial charge in [0, 0.05) is 25.7 Å². The largest absolute Gasteiger partial charge is 0.469 e. The summed E-state index contributed by atoms with van der Waals surface area (Å²) in [5, 5.41) is 3.35. The van der Waals surface area contributed by atoms with Crippen LogP contribution in [0.15, 0.2) is 35.2 Å². The van der Waals surface area contributed by atoms with E-state index in [1.165, 1.54) is 5.56 Å². The van der Waals surface area contributed by atoms with Crippen LogP contribution in [0, 0.1) is 6.92 Å². The summed E-state index contributed by atoms with van der Waals surface area (Å²) in [6.07, 6.45) is 6.58. The van der Waals surface area contributed by atoms with Crippen molar-refractivity contribution in [2.45, 2.75) is 26.8 Å². The van der Waals surface area contributed by atoms with Crippen molar-refractivity contribution in [1.29, 1.82) is 0 Å². The van der Waals surface area contributed by atoms with Crippen LogP contribution in [-0.2, 0) is 6.54 Å². The number of nitrogens with one attached hydrogen (secondary N) is 1.